The number of benzene rings is 2. The molecule has 130 valence electrons. The van der Waals surface area contributed by atoms with Crippen LogP contribution in [0.2, 0.25) is 0 Å². The Bertz CT molecular complexity index is 673. The fourth-order valence-corrected chi connectivity index (χ4v) is 2.80. The minimum Gasteiger partial charge on any atom is -0.493 e. The van der Waals surface area contributed by atoms with Crippen molar-refractivity contribution in [3.63, 3.8) is 0 Å². The molecule has 4 heteroatoms. The van der Waals surface area contributed by atoms with E-state index >= 15 is 0 Å². The maximum Gasteiger partial charge on any atom is 0.162 e. The first kappa shape index (κ1) is 18.8. The van der Waals surface area contributed by atoms with Crippen molar-refractivity contribution in [3.8, 4) is 11.5 Å². The molecule has 0 aromatic heterocycles. The van der Waals surface area contributed by atoms with Crippen LogP contribution < -0.4 is 14.8 Å². The van der Waals surface area contributed by atoms with E-state index in [4.69, 9.17) is 9.47 Å². The van der Waals surface area contributed by atoms with Gasteiger partial charge in [-0.3, -0.25) is 0 Å². The largest absolute Gasteiger partial charge is 0.493 e. The molecule has 1 atom stereocenters. The number of halogens is 1. The van der Waals surface area contributed by atoms with Gasteiger partial charge in [0, 0.05) is 17.1 Å². The van der Waals surface area contributed by atoms with Crippen LogP contribution >= 0.6 is 15.9 Å². The molecule has 2 rings (SSSR count). The molecular weight excluding hydrogens is 366 g/mol. The standard InChI is InChI=1S/C20H26BrNO2/c1-5-15(3)22-12-17-10-19(23-4)20(11-18(17)21)24-13-16-9-7-6-8-14(16)2/h6-11,15,22H,5,12-13H2,1-4H3. The van der Waals surface area contributed by atoms with Crippen molar-refractivity contribution < 1.29 is 9.47 Å². The monoisotopic (exact) mass is 391 g/mol. The molecule has 0 amide bonds. The van der Waals surface area contributed by atoms with Gasteiger partial charge in [0.2, 0.25) is 0 Å². The molecule has 2 aromatic rings. The minimum absolute atomic E-state index is 0.486. The second-order valence-electron chi connectivity index (χ2n) is 6.00. The van der Waals surface area contributed by atoms with Crippen molar-refractivity contribution in [3.05, 3.63) is 57.6 Å². The average molecular weight is 392 g/mol. The molecule has 0 saturated heterocycles. The Balaban J connectivity index is 2.12. The zero-order valence-corrected chi connectivity index (χ0v) is 16.4. The molecule has 2 aromatic carbocycles. The number of aryl methyl sites for hydroxylation is 1. The van der Waals surface area contributed by atoms with Crippen LogP contribution in [-0.2, 0) is 13.2 Å². The van der Waals surface area contributed by atoms with Crippen LogP contribution in [0.25, 0.3) is 0 Å². The molecule has 3 nitrogen and oxygen atoms in total. The van der Waals surface area contributed by atoms with E-state index in [2.05, 4.69) is 54.2 Å². The van der Waals surface area contributed by atoms with Crippen LogP contribution in [0.15, 0.2) is 40.9 Å². The fourth-order valence-electron chi connectivity index (χ4n) is 2.34. The molecule has 0 spiro atoms. The van der Waals surface area contributed by atoms with Gasteiger partial charge in [0.15, 0.2) is 11.5 Å². The molecule has 1 unspecified atom stereocenters. The molecule has 24 heavy (non-hydrogen) atoms. The van der Waals surface area contributed by atoms with Gasteiger partial charge < -0.3 is 14.8 Å². The maximum atomic E-state index is 6.00. The van der Waals surface area contributed by atoms with Gasteiger partial charge >= 0.3 is 0 Å². The summed E-state index contributed by atoms with van der Waals surface area (Å²) in [6.45, 7) is 7.78. The lowest BCUT2D eigenvalue weighted by molar-refractivity contribution is 0.283. The van der Waals surface area contributed by atoms with Gasteiger partial charge in [0.05, 0.1) is 7.11 Å². The zero-order chi connectivity index (χ0) is 17.5. The number of ether oxygens (including phenoxy) is 2. The van der Waals surface area contributed by atoms with Crippen molar-refractivity contribution in [1.29, 1.82) is 0 Å². The highest BCUT2D eigenvalue weighted by atomic mass is 79.9. The second-order valence-corrected chi connectivity index (χ2v) is 6.85. The number of methoxy groups -OCH3 is 1. The first-order valence-electron chi connectivity index (χ1n) is 8.32. The molecule has 0 saturated carbocycles. The fraction of sp³-hybridized carbons (Fsp3) is 0.400. The lowest BCUT2D eigenvalue weighted by atomic mass is 10.1. The Morgan fingerprint density at radius 3 is 2.54 bits per heavy atom. The van der Waals surface area contributed by atoms with E-state index in [0.29, 0.717) is 12.6 Å². The highest BCUT2D eigenvalue weighted by Gasteiger charge is 2.11. The molecule has 0 aliphatic carbocycles. The van der Waals surface area contributed by atoms with E-state index in [9.17, 15) is 0 Å². The Morgan fingerprint density at radius 2 is 1.88 bits per heavy atom. The van der Waals surface area contributed by atoms with Gasteiger partial charge in [-0.25, -0.2) is 0 Å². The zero-order valence-electron chi connectivity index (χ0n) is 14.9. The summed E-state index contributed by atoms with van der Waals surface area (Å²) in [4.78, 5) is 0. The lowest BCUT2D eigenvalue weighted by Gasteiger charge is -2.16. The summed E-state index contributed by atoms with van der Waals surface area (Å²) in [6.07, 6.45) is 1.10. The molecular formula is C20H26BrNO2. The quantitative estimate of drug-likeness (QED) is 0.667. The first-order chi connectivity index (χ1) is 11.5. The summed E-state index contributed by atoms with van der Waals surface area (Å²) in [5.41, 5.74) is 3.57. The number of hydrogen-bond donors (Lipinski definition) is 1. The third-order valence-corrected chi connectivity index (χ3v) is 4.97. The van der Waals surface area contributed by atoms with Crippen molar-refractivity contribution in [2.45, 2.75) is 46.4 Å². The van der Waals surface area contributed by atoms with Crippen LogP contribution in [0.3, 0.4) is 0 Å². The smallest absolute Gasteiger partial charge is 0.162 e. The minimum atomic E-state index is 0.486. The molecule has 0 aliphatic rings. The molecule has 0 fully saturated rings. The normalized spacial score (nSPS) is 12.0. The van der Waals surface area contributed by atoms with Crippen molar-refractivity contribution >= 4 is 15.9 Å². The van der Waals surface area contributed by atoms with Gasteiger partial charge in [-0.05, 0) is 49.1 Å². The van der Waals surface area contributed by atoms with E-state index < -0.39 is 0 Å². The third kappa shape index (κ3) is 4.99. The second kappa shape index (κ2) is 9.09. The number of rotatable bonds is 8. The summed E-state index contributed by atoms with van der Waals surface area (Å²) >= 11 is 3.65. The van der Waals surface area contributed by atoms with Gasteiger partial charge in [0.25, 0.3) is 0 Å². The Hall–Kier alpha value is -1.52. The van der Waals surface area contributed by atoms with Gasteiger partial charge in [0.1, 0.15) is 6.61 Å². The summed E-state index contributed by atoms with van der Waals surface area (Å²) in [7, 11) is 1.68. The SMILES string of the molecule is CCC(C)NCc1cc(OC)c(OCc2ccccc2C)cc1Br. The van der Waals surface area contributed by atoms with Gasteiger partial charge in [-0.15, -0.1) is 0 Å². The van der Waals surface area contributed by atoms with Crippen LogP contribution in [0.4, 0.5) is 0 Å². The maximum absolute atomic E-state index is 6.00. The van der Waals surface area contributed by atoms with Crippen molar-refractivity contribution in [2.75, 3.05) is 7.11 Å². The van der Waals surface area contributed by atoms with Crippen molar-refractivity contribution in [1.82, 2.24) is 5.32 Å². The van der Waals surface area contributed by atoms with Gasteiger partial charge in [-0.1, -0.05) is 47.1 Å². The van der Waals surface area contributed by atoms with Crippen LogP contribution in [0, 0.1) is 6.92 Å². The summed E-state index contributed by atoms with van der Waals surface area (Å²) in [6, 6.07) is 12.8. The van der Waals surface area contributed by atoms with E-state index in [1.165, 1.54) is 11.1 Å². The van der Waals surface area contributed by atoms with Gasteiger partial charge in [-0.2, -0.15) is 0 Å². The highest BCUT2D eigenvalue weighted by molar-refractivity contribution is 9.10. The first-order valence-corrected chi connectivity index (χ1v) is 9.11. The van der Waals surface area contributed by atoms with E-state index in [0.717, 1.165) is 34.5 Å². The van der Waals surface area contributed by atoms with E-state index in [-0.39, 0.29) is 0 Å². The Kier molecular flexibility index (Phi) is 7.13. The third-order valence-electron chi connectivity index (χ3n) is 4.23. The molecule has 1 N–H and O–H groups in total. The average Bonchev–Trinajstić information content (AvgIpc) is 2.59. The van der Waals surface area contributed by atoms with Crippen LogP contribution in [0.5, 0.6) is 11.5 Å². The number of nitrogens with one attached hydrogen (secondary N) is 1. The van der Waals surface area contributed by atoms with Crippen LogP contribution in [-0.4, -0.2) is 13.2 Å². The van der Waals surface area contributed by atoms with E-state index in [1.807, 2.05) is 24.3 Å². The summed E-state index contributed by atoms with van der Waals surface area (Å²) in [5.74, 6) is 1.51. The predicted octanol–water partition coefficient (Wildman–Crippen LogP) is 5.23. The predicted molar refractivity (Wildman–Crippen MR) is 103 cm³/mol. The Morgan fingerprint density at radius 1 is 1.12 bits per heavy atom. The molecule has 0 aliphatic heterocycles. The summed E-state index contributed by atoms with van der Waals surface area (Å²) < 4.78 is 12.5. The van der Waals surface area contributed by atoms with E-state index in [1.54, 1.807) is 7.11 Å². The van der Waals surface area contributed by atoms with Crippen LogP contribution in [0.1, 0.15) is 37.0 Å². The highest BCUT2D eigenvalue weighted by Crippen LogP contribution is 2.34. The van der Waals surface area contributed by atoms with Crippen molar-refractivity contribution in [2.24, 2.45) is 0 Å². The molecule has 0 radical (unpaired) electrons. The molecule has 0 bridgehead atoms. The number of hydrogen-bond acceptors (Lipinski definition) is 3. The lowest BCUT2D eigenvalue weighted by Crippen LogP contribution is -2.24. The summed E-state index contributed by atoms with van der Waals surface area (Å²) in [5, 5.41) is 3.50. The molecule has 0 heterocycles. The topological polar surface area (TPSA) is 30.5 Å². The Labute approximate surface area is 153 Å².